The molecular formula is C12H16BrNO2. The van der Waals surface area contributed by atoms with Crippen LogP contribution < -0.4 is 10.0 Å². The second kappa shape index (κ2) is 6.66. The van der Waals surface area contributed by atoms with Gasteiger partial charge in [-0.05, 0) is 18.6 Å². The molecular weight excluding hydrogens is 270 g/mol. The van der Waals surface area contributed by atoms with Crippen molar-refractivity contribution in [3.05, 3.63) is 34.3 Å². The van der Waals surface area contributed by atoms with E-state index < -0.39 is 5.97 Å². The zero-order valence-electron chi connectivity index (χ0n) is 9.33. The van der Waals surface area contributed by atoms with Crippen molar-refractivity contribution in [1.82, 2.24) is 0 Å². The molecule has 0 fully saturated rings. The first-order chi connectivity index (χ1) is 7.58. The third-order valence-electron chi connectivity index (χ3n) is 2.38. The fourth-order valence-electron chi connectivity index (χ4n) is 1.62. The Morgan fingerprint density at radius 3 is 2.88 bits per heavy atom. The quantitative estimate of drug-likeness (QED) is 0.799. The minimum absolute atomic E-state index is 0.149. The third kappa shape index (κ3) is 5.28. The first-order valence-electron chi connectivity index (χ1n) is 5.33. The number of quaternary nitrogens is 1. The van der Waals surface area contributed by atoms with Gasteiger partial charge in [0.15, 0.2) is 0 Å². The summed E-state index contributed by atoms with van der Waals surface area (Å²) in [5.74, 6) is -0.963. The van der Waals surface area contributed by atoms with E-state index in [1.807, 2.05) is 12.1 Å². The van der Waals surface area contributed by atoms with Gasteiger partial charge in [0, 0.05) is 22.4 Å². The van der Waals surface area contributed by atoms with Crippen LogP contribution in [0.1, 0.15) is 18.4 Å². The number of nitrogens with one attached hydrogen (secondary N) is 1. The molecule has 0 aliphatic heterocycles. The monoisotopic (exact) mass is 285 g/mol. The number of hydrogen-bond donors (Lipinski definition) is 1. The Balaban J connectivity index is 2.33. The van der Waals surface area contributed by atoms with E-state index in [-0.39, 0.29) is 6.42 Å². The highest BCUT2D eigenvalue weighted by Gasteiger charge is 2.03. The predicted octanol–water partition coefficient (Wildman–Crippen LogP) is -0.00610. The van der Waals surface area contributed by atoms with E-state index in [0.29, 0.717) is 6.42 Å². The zero-order chi connectivity index (χ0) is 12.0. The zero-order valence-corrected chi connectivity index (χ0v) is 10.9. The Kier molecular flexibility index (Phi) is 5.49. The summed E-state index contributed by atoms with van der Waals surface area (Å²) in [6.45, 7) is 1.76. The normalized spacial score (nSPS) is 12.4. The number of carbonyl (C=O) groups is 1. The average molecular weight is 286 g/mol. The van der Waals surface area contributed by atoms with Crippen molar-refractivity contribution in [1.29, 1.82) is 0 Å². The van der Waals surface area contributed by atoms with Crippen LogP contribution in [0, 0.1) is 0 Å². The van der Waals surface area contributed by atoms with Gasteiger partial charge in [-0.25, -0.2) is 0 Å². The van der Waals surface area contributed by atoms with Gasteiger partial charge in [-0.3, -0.25) is 0 Å². The minimum atomic E-state index is -0.963. The van der Waals surface area contributed by atoms with Crippen molar-refractivity contribution < 1.29 is 14.8 Å². The van der Waals surface area contributed by atoms with Crippen molar-refractivity contribution in [2.24, 2.45) is 0 Å². The highest BCUT2D eigenvalue weighted by atomic mass is 79.9. The summed E-state index contributed by atoms with van der Waals surface area (Å²) in [6, 6.07) is 8.16. The molecule has 88 valence electrons. The number of rotatable bonds is 6. The van der Waals surface area contributed by atoms with Gasteiger partial charge in [-0.15, -0.1) is 0 Å². The smallest absolute Gasteiger partial charge is 0.103 e. The Bertz CT molecular complexity index is 355. The maximum absolute atomic E-state index is 10.3. The van der Waals surface area contributed by atoms with E-state index in [2.05, 4.69) is 35.1 Å². The third-order valence-corrected chi connectivity index (χ3v) is 2.87. The molecule has 16 heavy (non-hydrogen) atoms. The summed E-state index contributed by atoms with van der Waals surface area (Å²) >= 11 is 3.43. The summed E-state index contributed by atoms with van der Waals surface area (Å²) < 4.78 is 1.08. The van der Waals surface area contributed by atoms with Crippen LogP contribution in [0.5, 0.6) is 0 Å². The van der Waals surface area contributed by atoms with E-state index in [1.54, 1.807) is 0 Å². The number of carboxylic acids is 1. The molecule has 0 amide bonds. The lowest BCUT2D eigenvalue weighted by Gasteiger charge is -2.14. The average Bonchev–Trinajstić information content (AvgIpc) is 2.16. The molecule has 4 heteroatoms. The first-order valence-corrected chi connectivity index (χ1v) is 6.13. The van der Waals surface area contributed by atoms with Crippen LogP contribution in [0.15, 0.2) is 28.7 Å². The van der Waals surface area contributed by atoms with Gasteiger partial charge in [0.25, 0.3) is 0 Å². The molecule has 0 saturated heterocycles. The topological polar surface area (TPSA) is 44.6 Å². The van der Waals surface area contributed by atoms with Crippen LogP contribution >= 0.6 is 15.9 Å². The van der Waals surface area contributed by atoms with E-state index in [0.717, 1.165) is 17.6 Å². The molecule has 0 saturated carbocycles. The highest BCUT2D eigenvalue weighted by molar-refractivity contribution is 9.10. The summed E-state index contributed by atoms with van der Waals surface area (Å²) in [4.78, 5) is 11.6. The van der Waals surface area contributed by atoms with Crippen LogP contribution in [-0.2, 0) is 11.3 Å². The molecule has 0 spiro atoms. The summed E-state index contributed by atoms with van der Waals surface area (Å²) in [5, 5.41) is 10.3. The van der Waals surface area contributed by atoms with Gasteiger partial charge in [0.1, 0.15) is 6.54 Å². The van der Waals surface area contributed by atoms with Crippen molar-refractivity contribution in [3.8, 4) is 0 Å². The predicted molar refractivity (Wildman–Crippen MR) is 63.8 cm³/mol. The number of carboxylic acid groups (broad SMARTS) is 1. The lowest BCUT2D eigenvalue weighted by Crippen LogP contribution is -3.07. The molecule has 0 bridgehead atoms. The molecule has 0 aliphatic rings. The van der Waals surface area contributed by atoms with E-state index in [4.69, 9.17) is 0 Å². The fourth-order valence-corrected chi connectivity index (χ4v) is 2.06. The van der Waals surface area contributed by atoms with Gasteiger partial charge in [-0.2, -0.15) is 0 Å². The summed E-state index contributed by atoms with van der Waals surface area (Å²) in [6.07, 6.45) is 0.817. The van der Waals surface area contributed by atoms with Crippen molar-refractivity contribution in [2.75, 3.05) is 13.6 Å². The largest absolute Gasteiger partial charge is 0.550 e. The number of halogens is 1. The van der Waals surface area contributed by atoms with Gasteiger partial charge in [-0.1, -0.05) is 28.1 Å². The number of carbonyl (C=O) groups excluding carboxylic acids is 1. The van der Waals surface area contributed by atoms with Crippen LogP contribution in [0.4, 0.5) is 0 Å². The maximum Gasteiger partial charge on any atom is 0.103 e. The van der Waals surface area contributed by atoms with E-state index in [1.165, 1.54) is 10.5 Å². The van der Waals surface area contributed by atoms with Gasteiger partial charge in [0.2, 0.25) is 0 Å². The second-order valence-corrected chi connectivity index (χ2v) is 4.91. The first kappa shape index (κ1) is 13.2. The standard InChI is InChI=1S/C12H16BrNO2/c1-14(7-3-6-12(15)16)9-10-4-2-5-11(13)8-10/h2,4-5,8H,3,6-7,9H2,1H3,(H,15,16). The fraction of sp³-hybridized carbons (Fsp3) is 0.417. The lowest BCUT2D eigenvalue weighted by atomic mass is 10.2. The molecule has 1 atom stereocenters. The van der Waals surface area contributed by atoms with Gasteiger partial charge >= 0.3 is 0 Å². The Hall–Kier alpha value is -0.870. The molecule has 0 aliphatic carbocycles. The molecule has 0 radical (unpaired) electrons. The molecule has 1 N–H and O–H groups in total. The second-order valence-electron chi connectivity index (χ2n) is 3.99. The lowest BCUT2D eigenvalue weighted by molar-refractivity contribution is -0.893. The molecule has 1 unspecified atom stereocenters. The van der Waals surface area contributed by atoms with Crippen molar-refractivity contribution >= 4 is 21.9 Å². The number of benzene rings is 1. The van der Waals surface area contributed by atoms with Crippen LogP contribution in [0.2, 0.25) is 0 Å². The van der Waals surface area contributed by atoms with E-state index in [9.17, 15) is 9.90 Å². The van der Waals surface area contributed by atoms with Crippen LogP contribution in [0.25, 0.3) is 0 Å². The molecule has 3 nitrogen and oxygen atoms in total. The molecule has 1 aromatic rings. The Labute approximate surface area is 104 Å². The summed E-state index contributed by atoms with van der Waals surface area (Å²) in [5.41, 5.74) is 1.25. The Morgan fingerprint density at radius 2 is 2.25 bits per heavy atom. The van der Waals surface area contributed by atoms with E-state index >= 15 is 0 Å². The molecule has 1 rings (SSSR count). The summed E-state index contributed by atoms with van der Waals surface area (Å²) in [7, 11) is 2.07. The molecule has 0 heterocycles. The molecule has 0 aromatic heterocycles. The van der Waals surface area contributed by atoms with Crippen LogP contribution in [-0.4, -0.2) is 19.6 Å². The Morgan fingerprint density at radius 1 is 1.50 bits per heavy atom. The number of hydrogen-bond acceptors (Lipinski definition) is 2. The SMILES string of the molecule is C[NH+](CCCC(=O)[O-])Cc1cccc(Br)c1. The van der Waals surface area contributed by atoms with Crippen molar-refractivity contribution in [3.63, 3.8) is 0 Å². The van der Waals surface area contributed by atoms with Gasteiger partial charge < -0.3 is 14.8 Å². The maximum atomic E-state index is 10.3. The highest BCUT2D eigenvalue weighted by Crippen LogP contribution is 2.10. The van der Waals surface area contributed by atoms with Gasteiger partial charge in [0.05, 0.1) is 13.6 Å². The molecule has 1 aromatic carbocycles. The minimum Gasteiger partial charge on any atom is -0.550 e. The van der Waals surface area contributed by atoms with Crippen molar-refractivity contribution in [2.45, 2.75) is 19.4 Å². The van der Waals surface area contributed by atoms with Crippen LogP contribution in [0.3, 0.4) is 0 Å². The number of aliphatic carboxylic acids is 1.